The van der Waals surface area contributed by atoms with Gasteiger partial charge in [-0.2, -0.15) is 46.0 Å². The van der Waals surface area contributed by atoms with E-state index in [0.29, 0.717) is 19.4 Å². The first-order valence-electron chi connectivity index (χ1n) is 8.28. The number of rotatable bonds is 2. The molecule has 0 unspecified atom stereocenters. The molecular formula is C15H13F6N7. The van der Waals surface area contributed by atoms with Gasteiger partial charge in [0.1, 0.15) is 17.8 Å². The molecule has 1 saturated heterocycles. The molecule has 0 spiro atoms. The number of fused-ring (bicyclic) bond motifs is 1. The number of nitrogens with zero attached hydrogens (tertiary/aromatic N) is 7. The van der Waals surface area contributed by atoms with Gasteiger partial charge in [0.05, 0.1) is 6.04 Å². The number of hydrogen-bond donors (Lipinski definition) is 0. The Kier molecular flexibility index (Phi) is 4.19. The fraction of sp³-hybridized carbons (Fsp3) is 0.467. The molecule has 150 valence electrons. The molecule has 4 rings (SSSR count). The number of anilines is 1. The maximum absolute atomic E-state index is 13.2. The summed E-state index contributed by atoms with van der Waals surface area (Å²) in [6.07, 6.45) is -6.24. The van der Waals surface area contributed by atoms with Gasteiger partial charge in [-0.25, -0.2) is 4.98 Å². The zero-order valence-electron chi connectivity index (χ0n) is 14.1. The Morgan fingerprint density at radius 3 is 2.54 bits per heavy atom. The summed E-state index contributed by atoms with van der Waals surface area (Å²) in [7, 11) is 0. The predicted octanol–water partition coefficient (Wildman–Crippen LogP) is 3.20. The summed E-state index contributed by atoms with van der Waals surface area (Å²) in [5.41, 5.74) is -2.03. The van der Waals surface area contributed by atoms with Crippen LogP contribution in [0.4, 0.5) is 32.2 Å². The lowest BCUT2D eigenvalue weighted by atomic mass is 10.1. The van der Waals surface area contributed by atoms with E-state index in [2.05, 4.69) is 20.2 Å². The smallest absolute Gasteiger partial charge is 0.354 e. The molecule has 3 aromatic rings. The van der Waals surface area contributed by atoms with E-state index >= 15 is 0 Å². The van der Waals surface area contributed by atoms with E-state index in [9.17, 15) is 26.3 Å². The highest BCUT2D eigenvalue weighted by molar-refractivity contribution is 5.48. The van der Waals surface area contributed by atoms with Gasteiger partial charge < -0.3 is 4.90 Å². The van der Waals surface area contributed by atoms with E-state index in [1.807, 2.05) is 0 Å². The molecule has 0 aromatic carbocycles. The van der Waals surface area contributed by atoms with E-state index < -0.39 is 29.8 Å². The van der Waals surface area contributed by atoms with Crippen molar-refractivity contribution in [1.29, 1.82) is 0 Å². The summed E-state index contributed by atoms with van der Waals surface area (Å²) >= 11 is 0. The van der Waals surface area contributed by atoms with E-state index in [0.717, 1.165) is 33.9 Å². The fourth-order valence-electron chi connectivity index (χ4n) is 3.36. The SMILES string of the molecule is FC(F)(F)c1cc(N2CCC[C@H](n3nccc3C(F)(F)F)C2)n2ncnc2n1. The minimum atomic E-state index is -4.69. The van der Waals surface area contributed by atoms with Crippen LogP contribution in [0.25, 0.3) is 5.78 Å². The van der Waals surface area contributed by atoms with Crippen LogP contribution in [0.2, 0.25) is 0 Å². The van der Waals surface area contributed by atoms with Crippen LogP contribution < -0.4 is 4.90 Å². The van der Waals surface area contributed by atoms with Gasteiger partial charge in [0, 0.05) is 25.4 Å². The fourth-order valence-corrected chi connectivity index (χ4v) is 3.36. The maximum atomic E-state index is 13.2. The van der Waals surface area contributed by atoms with Gasteiger partial charge in [-0.1, -0.05) is 0 Å². The zero-order chi connectivity index (χ0) is 20.1. The van der Waals surface area contributed by atoms with Crippen molar-refractivity contribution in [2.45, 2.75) is 31.2 Å². The number of alkyl halides is 6. The van der Waals surface area contributed by atoms with Gasteiger partial charge >= 0.3 is 12.4 Å². The van der Waals surface area contributed by atoms with Crippen molar-refractivity contribution in [3.05, 3.63) is 36.0 Å². The molecule has 0 amide bonds. The van der Waals surface area contributed by atoms with Crippen LogP contribution in [0.5, 0.6) is 0 Å². The molecule has 0 bridgehead atoms. The molecule has 0 saturated carbocycles. The Bertz CT molecular complexity index is 989. The largest absolute Gasteiger partial charge is 0.433 e. The molecule has 3 aromatic heterocycles. The Labute approximate surface area is 153 Å². The quantitative estimate of drug-likeness (QED) is 0.613. The standard InChI is InChI=1S/C15H13F6N7/c16-14(17,18)10-6-12(28-13(25-10)22-8-24-28)26-5-1-2-9(7-26)27-11(3-4-23-27)15(19,20)21/h3-4,6,8-9H,1-2,5,7H2/t9-/m0/s1. The van der Waals surface area contributed by atoms with Gasteiger partial charge in [0.25, 0.3) is 5.78 Å². The van der Waals surface area contributed by atoms with Crippen LogP contribution >= 0.6 is 0 Å². The number of aromatic nitrogens is 6. The summed E-state index contributed by atoms with van der Waals surface area (Å²) in [5, 5.41) is 7.68. The van der Waals surface area contributed by atoms with Gasteiger partial charge in [-0.05, 0) is 18.9 Å². The first-order chi connectivity index (χ1) is 13.1. The van der Waals surface area contributed by atoms with Gasteiger partial charge in [0.2, 0.25) is 0 Å². The van der Waals surface area contributed by atoms with E-state index in [4.69, 9.17) is 0 Å². The number of hydrogen-bond acceptors (Lipinski definition) is 5. The van der Waals surface area contributed by atoms with Crippen LogP contribution in [-0.4, -0.2) is 42.5 Å². The predicted molar refractivity (Wildman–Crippen MR) is 83.5 cm³/mol. The number of halogens is 6. The van der Waals surface area contributed by atoms with Crippen molar-refractivity contribution < 1.29 is 26.3 Å². The minimum absolute atomic E-state index is 0.0427. The van der Waals surface area contributed by atoms with Crippen LogP contribution in [0.1, 0.15) is 30.3 Å². The van der Waals surface area contributed by atoms with E-state index in [1.165, 1.54) is 0 Å². The molecular weight excluding hydrogens is 392 g/mol. The summed E-state index contributed by atoms with van der Waals surface area (Å²) in [6, 6.07) is 1.06. The molecule has 7 nitrogen and oxygen atoms in total. The van der Waals surface area contributed by atoms with Crippen molar-refractivity contribution in [2.75, 3.05) is 18.0 Å². The van der Waals surface area contributed by atoms with Crippen molar-refractivity contribution in [1.82, 2.24) is 29.4 Å². The van der Waals surface area contributed by atoms with Gasteiger partial charge in [-0.3, -0.25) is 4.68 Å². The second kappa shape index (κ2) is 6.34. The third-order valence-electron chi connectivity index (χ3n) is 4.55. The van der Waals surface area contributed by atoms with Gasteiger partial charge in [-0.15, -0.1) is 0 Å². The Morgan fingerprint density at radius 1 is 1.04 bits per heavy atom. The highest BCUT2D eigenvalue weighted by Gasteiger charge is 2.38. The summed E-state index contributed by atoms with van der Waals surface area (Å²) in [4.78, 5) is 8.71. The lowest BCUT2D eigenvalue weighted by Crippen LogP contribution is -2.39. The molecule has 28 heavy (non-hydrogen) atoms. The molecule has 13 heteroatoms. The van der Waals surface area contributed by atoms with Crippen molar-refractivity contribution in [3.63, 3.8) is 0 Å². The Hall–Kier alpha value is -2.86. The van der Waals surface area contributed by atoms with Crippen LogP contribution in [0, 0.1) is 0 Å². The molecule has 1 fully saturated rings. The second-order valence-corrected chi connectivity index (χ2v) is 6.37. The summed E-state index contributed by atoms with van der Waals surface area (Å²) < 4.78 is 81.1. The molecule has 0 aliphatic carbocycles. The monoisotopic (exact) mass is 405 g/mol. The van der Waals surface area contributed by atoms with Crippen LogP contribution in [0.15, 0.2) is 24.7 Å². The lowest BCUT2D eigenvalue weighted by Gasteiger charge is -2.35. The van der Waals surface area contributed by atoms with Crippen LogP contribution in [0.3, 0.4) is 0 Å². The third-order valence-corrected chi connectivity index (χ3v) is 4.55. The molecule has 1 aliphatic heterocycles. The average molecular weight is 405 g/mol. The molecule has 0 N–H and O–H groups in total. The number of piperidine rings is 1. The lowest BCUT2D eigenvalue weighted by molar-refractivity contribution is -0.145. The Balaban J connectivity index is 1.71. The van der Waals surface area contributed by atoms with Crippen molar-refractivity contribution in [3.8, 4) is 0 Å². The molecule has 4 heterocycles. The van der Waals surface area contributed by atoms with Crippen molar-refractivity contribution in [2.24, 2.45) is 0 Å². The van der Waals surface area contributed by atoms with Crippen LogP contribution in [-0.2, 0) is 12.4 Å². The second-order valence-electron chi connectivity index (χ2n) is 6.37. The summed E-state index contributed by atoms with van der Waals surface area (Å²) in [6.45, 7) is 0.399. The average Bonchev–Trinajstić information content (AvgIpc) is 3.29. The van der Waals surface area contributed by atoms with Crippen molar-refractivity contribution >= 4 is 11.6 Å². The normalized spacial score (nSPS) is 18.8. The molecule has 1 atom stereocenters. The first-order valence-corrected chi connectivity index (χ1v) is 8.28. The maximum Gasteiger partial charge on any atom is 0.433 e. The highest BCUT2D eigenvalue weighted by Crippen LogP contribution is 2.35. The first kappa shape index (κ1) is 18.5. The van der Waals surface area contributed by atoms with E-state index in [-0.39, 0.29) is 18.1 Å². The van der Waals surface area contributed by atoms with E-state index in [1.54, 1.807) is 4.90 Å². The highest BCUT2D eigenvalue weighted by atomic mass is 19.4. The third kappa shape index (κ3) is 3.24. The zero-order valence-corrected chi connectivity index (χ0v) is 14.1. The summed E-state index contributed by atoms with van der Waals surface area (Å²) in [5.74, 6) is -0.165. The minimum Gasteiger partial charge on any atom is -0.354 e. The molecule has 1 aliphatic rings. The van der Waals surface area contributed by atoms with Gasteiger partial charge in [0.15, 0.2) is 5.69 Å². The topological polar surface area (TPSA) is 64.1 Å². The molecule has 0 radical (unpaired) electrons. The Morgan fingerprint density at radius 2 is 1.82 bits per heavy atom.